The molecule has 18 heavy (non-hydrogen) atoms. The lowest BCUT2D eigenvalue weighted by atomic mass is 10.1. The third kappa shape index (κ3) is 6.03. The molecule has 0 radical (unpaired) electrons. The molecule has 1 amide bonds. The summed E-state index contributed by atoms with van der Waals surface area (Å²) in [5.41, 5.74) is -0.499. The van der Waals surface area contributed by atoms with Crippen LogP contribution in [0.2, 0.25) is 0 Å². The summed E-state index contributed by atoms with van der Waals surface area (Å²) in [5, 5.41) is 0. The fraction of sp³-hybridized carbons (Fsp3) is 0.857. The maximum atomic E-state index is 11.7. The van der Waals surface area contributed by atoms with Crippen molar-refractivity contribution in [3.63, 3.8) is 0 Å². The number of ether oxygens (including phenoxy) is 1. The molecule has 0 aromatic rings. The molecular weight excluding hydrogens is 230 g/mol. The van der Waals surface area contributed by atoms with E-state index in [0.29, 0.717) is 6.54 Å². The van der Waals surface area contributed by atoms with E-state index in [-0.39, 0.29) is 17.9 Å². The summed E-state index contributed by atoms with van der Waals surface area (Å²) < 4.78 is 5.24. The maximum Gasteiger partial charge on any atom is 0.410 e. The average molecular weight is 257 g/mol. The molecule has 0 aliphatic carbocycles. The molecule has 0 N–H and O–H groups in total. The molecule has 0 saturated carbocycles. The summed E-state index contributed by atoms with van der Waals surface area (Å²) in [4.78, 5) is 24.5. The normalized spacial score (nSPS) is 19.0. The van der Waals surface area contributed by atoms with Crippen molar-refractivity contribution in [1.29, 1.82) is 0 Å². The van der Waals surface area contributed by atoms with Crippen molar-refractivity contribution in [3.05, 3.63) is 0 Å². The van der Waals surface area contributed by atoms with Crippen molar-refractivity contribution in [2.75, 3.05) is 6.54 Å². The number of hydrogen-bond donors (Lipinski definition) is 0. The smallest absolute Gasteiger partial charge is 0.410 e. The van der Waals surface area contributed by atoms with Gasteiger partial charge in [-0.25, -0.2) is 4.79 Å². The van der Waals surface area contributed by atoms with Gasteiger partial charge in [0.05, 0.1) is 6.04 Å². The zero-order valence-corrected chi connectivity index (χ0v) is 12.6. The second-order valence-electron chi connectivity index (χ2n) is 5.65. The van der Waals surface area contributed by atoms with Crippen molar-refractivity contribution in [3.8, 4) is 0 Å². The van der Waals surface area contributed by atoms with E-state index >= 15 is 0 Å². The molecule has 0 aromatic carbocycles. The van der Waals surface area contributed by atoms with Gasteiger partial charge in [0.2, 0.25) is 0 Å². The summed E-state index contributed by atoms with van der Waals surface area (Å²) in [6.07, 6.45) is 2.51. The van der Waals surface area contributed by atoms with Crippen LogP contribution in [0.1, 0.15) is 60.8 Å². The van der Waals surface area contributed by atoms with E-state index in [1.807, 2.05) is 20.8 Å². The first-order valence-corrected chi connectivity index (χ1v) is 6.73. The lowest BCUT2D eigenvalue weighted by molar-refractivity contribution is -0.121. The van der Waals surface area contributed by atoms with Crippen LogP contribution >= 0.6 is 0 Å². The van der Waals surface area contributed by atoms with Gasteiger partial charge in [0.25, 0.3) is 0 Å². The fourth-order valence-electron chi connectivity index (χ4n) is 1.73. The number of ketones is 1. The van der Waals surface area contributed by atoms with Crippen LogP contribution in [0.25, 0.3) is 0 Å². The van der Waals surface area contributed by atoms with Gasteiger partial charge in [-0.15, -0.1) is 0 Å². The van der Waals surface area contributed by atoms with Gasteiger partial charge in [-0.3, -0.25) is 9.69 Å². The summed E-state index contributed by atoms with van der Waals surface area (Å²) in [5.74, 6) is 0.0401. The molecule has 4 nitrogen and oxygen atoms in total. The molecule has 0 bridgehead atoms. The number of rotatable bonds is 1. The Labute approximate surface area is 111 Å². The average Bonchev–Trinajstić information content (AvgIpc) is 2.63. The lowest BCUT2D eigenvalue weighted by Gasteiger charge is -2.27. The number of hydrogen-bond acceptors (Lipinski definition) is 3. The Bertz CT molecular complexity index is 281. The van der Waals surface area contributed by atoms with Gasteiger partial charge >= 0.3 is 6.09 Å². The SMILES string of the molecule is CC(=O)C1CCCN1C(=O)OC(C)(C)C.CCC. The van der Waals surface area contributed by atoms with Gasteiger partial charge in [-0.05, 0) is 40.5 Å². The van der Waals surface area contributed by atoms with Crippen LogP contribution in [0.5, 0.6) is 0 Å². The van der Waals surface area contributed by atoms with Gasteiger partial charge in [0, 0.05) is 6.54 Å². The number of carbonyl (C=O) groups is 2. The van der Waals surface area contributed by atoms with E-state index in [0.717, 1.165) is 12.8 Å². The Morgan fingerprint density at radius 2 is 1.78 bits per heavy atom. The largest absolute Gasteiger partial charge is 0.444 e. The standard InChI is InChI=1S/C11H19NO3.C3H8/c1-8(13)9-6-5-7-12(9)10(14)15-11(2,3)4;1-3-2/h9H,5-7H2,1-4H3;3H2,1-2H3. The minimum absolute atomic E-state index is 0.0401. The van der Waals surface area contributed by atoms with Crippen molar-refractivity contribution in [2.24, 2.45) is 0 Å². The Kier molecular flexibility index (Phi) is 6.96. The first kappa shape index (κ1) is 16.9. The molecular formula is C14H27NO3. The molecule has 1 rings (SSSR count). The van der Waals surface area contributed by atoms with Crippen LogP contribution in [0.15, 0.2) is 0 Å². The highest BCUT2D eigenvalue weighted by Crippen LogP contribution is 2.21. The third-order valence-corrected chi connectivity index (χ3v) is 2.35. The van der Waals surface area contributed by atoms with Crippen molar-refractivity contribution >= 4 is 11.9 Å². The van der Waals surface area contributed by atoms with Gasteiger partial charge in [0.15, 0.2) is 5.78 Å². The minimum atomic E-state index is -0.499. The lowest BCUT2D eigenvalue weighted by Crippen LogP contribution is -2.42. The van der Waals surface area contributed by atoms with E-state index in [9.17, 15) is 9.59 Å². The monoisotopic (exact) mass is 257 g/mol. The Morgan fingerprint density at radius 3 is 2.17 bits per heavy atom. The van der Waals surface area contributed by atoms with Crippen molar-refractivity contribution in [2.45, 2.75) is 72.4 Å². The summed E-state index contributed by atoms with van der Waals surface area (Å²) in [6.45, 7) is 11.9. The van der Waals surface area contributed by atoms with E-state index in [4.69, 9.17) is 4.74 Å². The molecule has 1 aliphatic rings. The van der Waals surface area contributed by atoms with Crippen LogP contribution in [-0.2, 0) is 9.53 Å². The van der Waals surface area contributed by atoms with Crippen LogP contribution in [0.4, 0.5) is 4.79 Å². The van der Waals surface area contributed by atoms with E-state index in [1.54, 1.807) is 0 Å². The van der Waals surface area contributed by atoms with Gasteiger partial charge in [0.1, 0.15) is 5.60 Å². The van der Waals surface area contributed by atoms with Crippen LogP contribution in [0.3, 0.4) is 0 Å². The van der Waals surface area contributed by atoms with Crippen molar-refractivity contribution < 1.29 is 14.3 Å². The predicted molar refractivity (Wildman–Crippen MR) is 72.6 cm³/mol. The molecule has 106 valence electrons. The third-order valence-electron chi connectivity index (χ3n) is 2.35. The number of Topliss-reactive ketones (excluding diaryl/α,β-unsaturated/α-hetero) is 1. The quantitative estimate of drug-likeness (QED) is 0.723. The van der Waals surface area contributed by atoms with Gasteiger partial charge < -0.3 is 4.74 Å². The Morgan fingerprint density at radius 1 is 1.28 bits per heavy atom. The first-order chi connectivity index (χ1) is 8.22. The number of likely N-dealkylation sites (tertiary alicyclic amines) is 1. The zero-order valence-electron chi connectivity index (χ0n) is 12.6. The molecule has 1 heterocycles. The van der Waals surface area contributed by atoms with Crippen molar-refractivity contribution in [1.82, 2.24) is 4.90 Å². The topological polar surface area (TPSA) is 46.6 Å². The number of nitrogens with zero attached hydrogens (tertiary/aromatic N) is 1. The Hall–Kier alpha value is -1.06. The van der Waals surface area contributed by atoms with E-state index in [1.165, 1.54) is 18.2 Å². The molecule has 1 fully saturated rings. The molecule has 1 unspecified atom stereocenters. The number of amides is 1. The maximum absolute atomic E-state index is 11.7. The summed E-state index contributed by atoms with van der Waals surface area (Å²) in [7, 11) is 0. The molecule has 1 aliphatic heterocycles. The van der Waals surface area contributed by atoms with Gasteiger partial charge in [-0.2, -0.15) is 0 Å². The fourth-order valence-corrected chi connectivity index (χ4v) is 1.73. The van der Waals surface area contributed by atoms with Crippen LogP contribution in [0, 0.1) is 0 Å². The summed E-state index contributed by atoms with van der Waals surface area (Å²) >= 11 is 0. The first-order valence-electron chi connectivity index (χ1n) is 6.73. The minimum Gasteiger partial charge on any atom is -0.444 e. The van der Waals surface area contributed by atoms with E-state index in [2.05, 4.69) is 13.8 Å². The Balaban J connectivity index is 0.000000873. The van der Waals surface area contributed by atoms with E-state index < -0.39 is 5.60 Å². The highest BCUT2D eigenvalue weighted by atomic mass is 16.6. The predicted octanol–water partition coefficient (Wildman–Crippen LogP) is 3.39. The molecule has 1 saturated heterocycles. The van der Waals surface area contributed by atoms with Crippen LogP contribution < -0.4 is 0 Å². The molecule has 1 atom stereocenters. The molecule has 0 aromatic heterocycles. The van der Waals surface area contributed by atoms with Gasteiger partial charge in [-0.1, -0.05) is 20.3 Å². The highest BCUT2D eigenvalue weighted by molar-refractivity contribution is 5.86. The second kappa shape index (κ2) is 7.39. The summed E-state index contributed by atoms with van der Waals surface area (Å²) in [6, 6.07) is -0.278. The van der Waals surface area contributed by atoms with Crippen LogP contribution in [-0.4, -0.2) is 35.0 Å². The zero-order chi connectivity index (χ0) is 14.3. The highest BCUT2D eigenvalue weighted by Gasteiger charge is 2.34. The molecule has 0 spiro atoms. The number of carbonyl (C=O) groups excluding carboxylic acids is 2. The molecule has 4 heteroatoms. The second-order valence-corrected chi connectivity index (χ2v) is 5.65.